The Bertz CT molecular complexity index is 1350. The van der Waals surface area contributed by atoms with Gasteiger partial charge in [-0.25, -0.2) is 8.42 Å². The van der Waals surface area contributed by atoms with Gasteiger partial charge in [0.05, 0.1) is 23.1 Å². The van der Waals surface area contributed by atoms with Gasteiger partial charge in [0, 0.05) is 17.4 Å². The standard InChI is InChI=1S/C25H25N3O5S/c1-4-32-23-13-19(15-26)9-11-22(23)33-16-25(29)27-20-10-8-18(3)24(14-20)34(30,31)28-21-7-5-6-17(2)12-21/h5-14,28H,4,16H2,1-3H3,(H,27,29). The second kappa shape index (κ2) is 10.7. The van der Waals surface area contributed by atoms with Gasteiger partial charge in [0.25, 0.3) is 15.9 Å². The summed E-state index contributed by atoms with van der Waals surface area (Å²) < 4.78 is 39.5. The summed E-state index contributed by atoms with van der Waals surface area (Å²) in [5.41, 5.74) is 2.64. The number of amides is 1. The van der Waals surface area contributed by atoms with Crippen LogP contribution in [0.1, 0.15) is 23.6 Å². The highest BCUT2D eigenvalue weighted by Crippen LogP contribution is 2.28. The van der Waals surface area contributed by atoms with Gasteiger partial charge in [-0.15, -0.1) is 0 Å². The van der Waals surface area contributed by atoms with E-state index in [-0.39, 0.29) is 11.5 Å². The molecular weight excluding hydrogens is 454 g/mol. The van der Waals surface area contributed by atoms with Gasteiger partial charge in [-0.3, -0.25) is 9.52 Å². The van der Waals surface area contributed by atoms with E-state index in [1.54, 1.807) is 56.3 Å². The molecule has 0 aliphatic carbocycles. The summed E-state index contributed by atoms with van der Waals surface area (Å²) in [5, 5.41) is 11.7. The Balaban J connectivity index is 1.71. The number of anilines is 2. The van der Waals surface area contributed by atoms with Crippen molar-refractivity contribution in [2.45, 2.75) is 25.7 Å². The van der Waals surface area contributed by atoms with Crippen LogP contribution in [-0.4, -0.2) is 27.5 Å². The lowest BCUT2D eigenvalue weighted by Crippen LogP contribution is -2.21. The third-order valence-electron chi connectivity index (χ3n) is 4.76. The second-order valence-electron chi connectivity index (χ2n) is 7.50. The van der Waals surface area contributed by atoms with Crippen molar-refractivity contribution < 1.29 is 22.7 Å². The molecular formula is C25H25N3O5S. The monoisotopic (exact) mass is 479 g/mol. The van der Waals surface area contributed by atoms with E-state index in [4.69, 9.17) is 14.7 Å². The minimum atomic E-state index is -3.87. The van der Waals surface area contributed by atoms with Gasteiger partial charge in [-0.2, -0.15) is 5.26 Å². The summed E-state index contributed by atoms with van der Waals surface area (Å²) in [6.07, 6.45) is 0. The van der Waals surface area contributed by atoms with E-state index in [0.717, 1.165) is 5.56 Å². The van der Waals surface area contributed by atoms with Crippen molar-refractivity contribution in [3.05, 3.63) is 77.4 Å². The molecule has 0 bridgehead atoms. The summed E-state index contributed by atoms with van der Waals surface area (Å²) >= 11 is 0. The smallest absolute Gasteiger partial charge is 0.262 e. The minimum Gasteiger partial charge on any atom is -0.490 e. The molecule has 0 spiro atoms. The van der Waals surface area contributed by atoms with Crippen molar-refractivity contribution >= 4 is 27.3 Å². The number of nitrogens with one attached hydrogen (secondary N) is 2. The number of nitrogens with zero attached hydrogens (tertiary/aromatic N) is 1. The Morgan fingerprint density at radius 1 is 0.971 bits per heavy atom. The largest absolute Gasteiger partial charge is 0.490 e. The maximum atomic E-state index is 12.9. The van der Waals surface area contributed by atoms with E-state index in [1.807, 2.05) is 19.1 Å². The fourth-order valence-electron chi connectivity index (χ4n) is 3.19. The predicted octanol–water partition coefficient (Wildman–Crippen LogP) is 4.39. The van der Waals surface area contributed by atoms with Gasteiger partial charge in [-0.1, -0.05) is 18.2 Å². The molecule has 0 aliphatic heterocycles. The van der Waals surface area contributed by atoms with Gasteiger partial charge in [0.2, 0.25) is 0 Å². The lowest BCUT2D eigenvalue weighted by Gasteiger charge is -2.14. The number of ether oxygens (including phenoxy) is 2. The SMILES string of the molecule is CCOc1cc(C#N)ccc1OCC(=O)Nc1ccc(C)c(S(=O)(=O)Nc2cccc(C)c2)c1. The Hall–Kier alpha value is -4.03. The molecule has 0 saturated heterocycles. The van der Waals surface area contributed by atoms with Crippen molar-refractivity contribution in [3.63, 3.8) is 0 Å². The summed E-state index contributed by atoms with van der Waals surface area (Å²) in [7, 11) is -3.87. The first-order valence-electron chi connectivity index (χ1n) is 10.5. The van der Waals surface area contributed by atoms with E-state index in [1.165, 1.54) is 12.1 Å². The van der Waals surface area contributed by atoms with Crippen molar-refractivity contribution in [3.8, 4) is 17.6 Å². The van der Waals surface area contributed by atoms with Gasteiger partial charge in [-0.05, 0) is 68.3 Å². The van der Waals surface area contributed by atoms with Crippen LogP contribution in [0.3, 0.4) is 0 Å². The topological polar surface area (TPSA) is 118 Å². The number of nitriles is 1. The molecule has 3 rings (SSSR count). The summed E-state index contributed by atoms with van der Waals surface area (Å²) in [6.45, 7) is 5.39. The summed E-state index contributed by atoms with van der Waals surface area (Å²) in [6, 6.07) is 18.4. The second-order valence-corrected chi connectivity index (χ2v) is 9.15. The highest BCUT2D eigenvalue weighted by Gasteiger charge is 2.18. The van der Waals surface area contributed by atoms with E-state index in [9.17, 15) is 13.2 Å². The van der Waals surface area contributed by atoms with Crippen LogP contribution in [0.2, 0.25) is 0 Å². The Morgan fingerprint density at radius 3 is 2.47 bits per heavy atom. The first-order chi connectivity index (χ1) is 16.2. The van der Waals surface area contributed by atoms with Crippen molar-refractivity contribution in [1.29, 1.82) is 5.26 Å². The van der Waals surface area contributed by atoms with Crippen LogP contribution in [0.5, 0.6) is 11.5 Å². The van der Waals surface area contributed by atoms with Crippen LogP contribution >= 0.6 is 0 Å². The zero-order valence-electron chi connectivity index (χ0n) is 19.1. The summed E-state index contributed by atoms with van der Waals surface area (Å²) in [4.78, 5) is 12.5. The number of aryl methyl sites for hydroxylation is 2. The molecule has 0 aliphatic rings. The number of sulfonamides is 1. The molecule has 1 amide bonds. The fraction of sp³-hybridized carbons (Fsp3) is 0.200. The molecule has 0 heterocycles. The summed E-state index contributed by atoms with van der Waals surface area (Å²) in [5.74, 6) is 0.205. The molecule has 176 valence electrons. The van der Waals surface area contributed by atoms with Crippen LogP contribution in [0.4, 0.5) is 11.4 Å². The Kier molecular flexibility index (Phi) is 7.76. The lowest BCUT2D eigenvalue weighted by molar-refractivity contribution is -0.118. The Labute approximate surface area is 199 Å². The third kappa shape index (κ3) is 6.27. The molecule has 0 fully saturated rings. The molecule has 3 aromatic carbocycles. The van der Waals surface area contributed by atoms with Crippen LogP contribution in [0.15, 0.2) is 65.6 Å². The van der Waals surface area contributed by atoms with E-state index in [2.05, 4.69) is 10.0 Å². The van der Waals surface area contributed by atoms with Crippen molar-refractivity contribution in [2.24, 2.45) is 0 Å². The van der Waals surface area contributed by atoms with Crippen LogP contribution in [-0.2, 0) is 14.8 Å². The molecule has 0 aromatic heterocycles. The van der Waals surface area contributed by atoms with Crippen LogP contribution < -0.4 is 19.5 Å². The predicted molar refractivity (Wildman–Crippen MR) is 130 cm³/mol. The highest BCUT2D eigenvalue weighted by atomic mass is 32.2. The number of benzene rings is 3. The molecule has 2 N–H and O–H groups in total. The molecule has 8 nitrogen and oxygen atoms in total. The third-order valence-corrected chi connectivity index (χ3v) is 6.29. The molecule has 0 saturated carbocycles. The number of hydrogen-bond acceptors (Lipinski definition) is 6. The molecule has 9 heteroatoms. The normalized spacial score (nSPS) is 10.8. The Morgan fingerprint density at radius 2 is 1.76 bits per heavy atom. The molecule has 0 radical (unpaired) electrons. The average Bonchev–Trinajstić information content (AvgIpc) is 2.79. The zero-order valence-corrected chi connectivity index (χ0v) is 19.9. The van der Waals surface area contributed by atoms with Crippen molar-refractivity contribution in [2.75, 3.05) is 23.3 Å². The molecule has 34 heavy (non-hydrogen) atoms. The van der Waals surface area contributed by atoms with Crippen molar-refractivity contribution in [1.82, 2.24) is 0 Å². The number of rotatable bonds is 9. The molecule has 3 aromatic rings. The van der Waals surface area contributed by atoms with Gasteiger partial charge < -0.3 is 14.8 Å². The van der Waals surface area contributed by atoms with E-state index < -0.39 is 15.9 Å². The average molecular weight is 480 g/mol. The first-order valence-corrected chi connectivity index (χ1v) is 12.0. The maximum Gasteiger partial charge on any atom is 0.262 e. The van der Waals surface area contributed by atoms with Gasteiger partial charge in [0.15, 0.2) is 18.1 Å². The molecule has 0 atom stereocenters. The number of hydrogen-bond donors (Lipinski definition) is 2. The maximum absolute atomic E-state index is 12.9. The fourth-order valence-corrected chi connectivity index (χ4v) is 4.51. The van der Waals surface area contributed by atoms with Gasteiger partial charge in [0.1, 0.15) is 0 Å². The van der Waals surface area contributed by atoms with E-state index >= 15 is 0 Å². The van der Waals surface area contributed by atoms with E-state index in [0.29, 0.717) is 40.6 Å². The highest BCUT2D eigenvalue weighted by molar-refractivity contribution is 7.92. The van der Waals surface area contributed by atoms with Crippen LogP contribution in [0.25, 0.3) is 0 Å². The zero-order chi connectivity index (χ0) is 24.7. The van der Waals surface area contributed by atoms with Crippen LogP contribution in [0, 0.1) is 25.2 Å². The number of carbonyl (C=O) groups excluding carboxylic acids is 1. The molecule has 0 unspecified atom stereocenters. The first kappa shape index (κ1) is 24.6. The number of carbonyl (C=O) groups is 1. The lowest BCUT2D eigenvalue weighted by atomic mass is 10.2. The minimum absolute atomic E-state index is 0.0541. The van der Waals surface area contributed by atoms with Gasteiger partial charge >= 0.3 is 0 Å². The quantitative estimate of drug-likeness (QED) is 0.470.